The van der Waals surface area contributed by atoms with E-state index in [4.69, 9.17) is 5.84 Å². The van der Waals surface area contributed by atoms with Crippen molar-refractivity contribution in [2.24, 2.45) is 5.84 Å². The summed E-state index contributed by atoms with van der Waals surface area (Å²) >= 11 is 0. The minimum Gasteiger partial charge on any atom is -0.507 e. The fraction of sp³-hybridized carbons (Fsp3) is 0.562. The van der Waals surface area contributed by atoms with Gasteiger partial charge in [0.15, 0.2) is 0 Å². The van der Waals surface area contributed by atoms with Gasteiger partial charge in [0.1, 0.15) is 5.75 Å². The summed E-state index contributed by atoms with van der Waals surface area (Å²) in [6, 6.07) is 5.17. The summed E-state index contributed by atoms with van der Waals surface area (Å²) in [5.74, 6) is 5.00. The number of nitrogens with one attached hydrogen (secondary N) is 1. The number of phenols is 1. The number of aromatic hydroxyl groups is 1. The molecule has 0 saturated carbocycles. The summed E-state index contributed by atoms with van der Waals surface area (Å²) in [6.07, 6.45) is 7.39. The van der Waals surface area contributed by atoms with Crippen LogP contribution in [-0.4, -0.2) is 11.0 Å². The van der Waals surface area contributed by atoms with Gasteiger partial charge in [-0.1, -0.05) is 52.0 Å². The number of amides is 1. The van der Waals surface area contributed by atoms with Crippen molar-refractivity contribution in [1.29, 1.82) is 0 Å². The third-order valence-electron chi connectivity index (χ3n) is 3.71. The molecule has 1 amide bonds. The van der Waals surface area contributed by atoms with Crippen LogP contribution in [-0.2, 0) is 0 Å². The summed E-state index contributed by atoms with van der Waals surface area (Å²) in [5, 5.41) is 9.68. The summed E-state index contributed by atoms with van der Waals surface area (Å²) in [6.45, 7) is 4.36. The number of halogens is 1. The fourth-order valence-corrected chi connectivity index (χ4v) is 2.34. The number of hydrogen-bond acceptors (Lipinski definition) is 3. The minimum absolute atomic E-state index is 0. The van der Waals surface area contributed by atoms with E-state index in [9.17, 15) is 9.90 Å². The lowest BCUT2D eigenvalue weighted by Crippen LogP contribution is -2.30. The number of nitrogen functional groups attached to an aromatic ring is 1. The molecule has 1 aromatic rings. The highest BCUT2D eigenvalue weighted by atomic mass is 35.5. The molecule has 1 unspecified atom stereocenters. The monoisotopic (exact) mass is 314 g/mol. The lowest BCUT2D eigenvalue weighted by molar-refractivity contribution is 0.0951. The first-order valence-corrected chi connectivity index (χ1v) is 7.44. The summed E-state index contributed by atoms with van der Waals surface area (Å²) in [4.78, 5) is 11.5. The van der Waals surface area contributed by atoms with Gasteiger partial charge in [-0.05, 0) is 30.0 Å². The molecule has 120 valence electrons. The van der Waals surface area contributed by atoms with Gasteiger partial charge in [-0.15, -0.1) is 12.4 Å². The van der Waals surface area contributed by atoms with Gasteiger partial charge >= 0.3 is 0 Å². The maximum Gasteiger partial charge on any atom is 0.268 e. The molecule has 0 aliphatic heterocycles. The number of rotatable bonds is 8. The molecule has 0 fully saturated rings. The molecule has 0 saturated heterocycles. The van der Waals surface area contributed by atoms with Crippen LogP contribution in [0.4, 0.5) is 0 Å². The van der Waals surface area contributed by atoms with Crippen molar-refractivity contribution in [3.05, 3.63) is 29.3 Å². The molecule has 0 aromatic heterocycles. The van der Waals surface area contributed by atoms with Crippen molar-refractivity contribution in [1.82, 2.24) is 5.43 Å². The molecule has 4 nitrogen and oxygen atoms in total. The first-order chi connectivity index (χ1) is 9.60. The van der Waals surface area contributed by atoms with Gasteiger partial charge in [0.25, 0.3) is 5.91 Å². The zero-order chi connectivity index (χ0) is 15.0. The molecule has 1 aromatic carbocycles. The average molecular weight is 315 g/mol. The molecule has 0 aliphatic rings. The van der Waals surface area contributed by atoms with Gasteiger partial charge in [-0.2, -0.15) is 0 Å². The maximum absolute atomic E-state index is 11.5. The Morgan fingerprint density at radius 3 is 2.57 bits per heavy atom. The lowest BCUT2D eigenvalue weighted by atomic mass is 9.93. The van der Waals surface area contributed by atoms with Crippen LogP contribution < -0.4 is 11.3 Å². The highest BCUT2D eigenvalue weighted by Gasteiger charge is 2.13. The van der Waals surface area contributed by atoms with E-state index < -0.39 is 5.91 Å². The first-order valence-electron chi connectivity index (χ1n) is 7.44. The summed E-state index contributed by atoms with van der Waals surface area (Å²) in [5.41, 5.74) is 3.36. The molecule has 0 heterocycles. The van der Waals surface area contributed by atoms with E-state index in [1.54, 1.807) is 12.1 Å². The molecule has 0 radical (unpaired) electrons. The Bertz CT molecular complexity index is 438. The average Bonchev–Trinajstić information content (AvgIpc) is 2.46. The van der Waals surface area contributed by atoms with Gasteiger partial charge < -0.3 is 5.11 Å². The number of nitrogens with two attached hydrogens (primary N) is 1. The number of hydrazine groups is 1. The summed E-state index contributed by atoms with van der Waals surface area (Å²) < 4.78 is 0. The van der Waals surface area contributed by atoms with Crippen molar-refractivity contribution in [3.8, 4) is 5.75 Å². The standard InChI is InChI=1S/C16H26N2O2.ClH/c1-3-4-5-6-7-8-12(2)13-9-10-15(19)14(11-13)16(20)18-17;/h9-12,19H,3-8,17H2,1-2H3,(H,18,20);1H. The topological polar surface area (TPSA) is 75.3 Å². The highest BCUT2D eigenvalue weighted by Crippen LogP contribution is 2.27. The maximum atomic E-state index is 11.5. The van der Waals surface area contributed by atoms with E-state index in [1.165, 1.54) is 32.1 Å². The number of carbonyl (C=O) groups excluding carboxylic acids is 1. The molecule has 5 heteroatoms. The zero-order valence-electron chi connectivity index (χ0n) is 12.9. The molecule has 4 N–H and O–H groups in total. The van der Waals surface area contributed by atoms with Gasteiger partial charge in [-0.3, -0.25) is 10.2 Å². The Kier molecular flexibility index (Phi) is 9.84. The molecular formula is C16H27ClN2O2. The Morgan fingerprint density at radius 1 is 1.29 bits per heavy atom. The number of hydrogen-bond donors (Lipinski definition) is 3. The smallest absolute Gasteiger partial charge is 0.268 e. The second-order valence-electron chi connectivity index (χ2n) is 5.35. The van der Waals surface area contributed by atoms with Gasteiger partial charge in [0.2, 0.25) is 0 Å². The second-order valence-corrected chi connectivity index (χ2v) is 5.35. The van der Waals surface area contributed by atoms with E-state index in [2.05, 4.69) is 19.3 Å². The van der Waals surface area contributed by atoms with Crippen molar-refractivity contribution in [3.63, 3.8) is 0 Å². The quantitative estimate of drug-likeness (QED) is 0.295. The van der Waals surface area contributed by atoms with Crippen LogP contribution in [0.25, 0.3) is 0 Å². The molecule has 1 rings (SSSR count). The Hall–Kier alpha value is -1.26. The predicted octanol–water partition coefficient (Wildman–Crippen LogP) is 3.88. The number of carbonyl (C=O) groups is 1. The van der Waals surface area contributed by atoms with Gasteiger partial charge in [0.05, 0.1) is 5.56 Å². The first kappa shape index (κ1) is 19.7. The van der Waals surface area contributed by atoms with E-state index in [1.807, 2.05) is 6.07 Å². The fourth-order valence-electron chi connectivity index (χ4n) is 2.34. The molecular weight excluding hydrogens is 288 g/mol. The highest BCUT2D eigenvalue weighted by molar-refractivity contribution is 5.96. The molecule has 21 heavy (non-hydrogen) atoms. The largest absolute Gasteiger partial charge is 0.507 e. The van der Waals surface area contributed by atoms with Crippen LogP contribution in [0.1, 0.15) is 74.2 Å². The lowest BCUT2D eigenvalue weighted by Gasteiger charge is -2.13. The number of unbranched alkanes of at least 4 members (excludes halogenated alkanes) is 4. The van der Waals surface area contributed by atoms with E-state index in [0.717, 1.165) is 12.0 Å². The normalized spacial score (nSPS) is 11.6. The predicted molar refractivity (Wildman–Crippen MR) is 88.8 cm³/mol. The third-order valence-corrected chi connectivity index (χ3v) is 3.71. The number of benzene rings is 1. The van der Waals surface area contributed by atoms with Crippen molar-refractivity contribution in [2.75, 3.05) is 0 Å². The van der Waals surface area contributed by atoms with Crippen molar-refractivity contribution >= 4 is 18.3 Å². The molecule has 1 atom stereocenters. The van der Waals surface area contributed by atoms with Crippen LogP contribution in [0.5, 0.6) is 5.75 Å². The van der Waals surface area contributed by atoms with Gasteiger partial charge in [-0.25, -0.2) is 5.84 Å². The SMILES string of the molecule is CCCCCCCC(C)c1ccc(O)c(C(=O)NN)c1.Cl. The van der Waals surface area contributed by atoms with Crippen molar-refractivity contribution in [2.45, 2.75) is 58.3 Å². The molecule has 0 bridgehead atoms. The van der Waals surface area contributed by atoms with Crippen LogP contribution in [0.3, 0.4) is 0 Å². The number of phenolic OH excluding ortho intramolecular Hbond substituents is 1. The third kappa shape index (κ3) is 6.36. The van der Waals surface area contributed by atoms with E-state index >= 15 is 0 Å². The Morgan fingerprint density at radius 2 is 1.95 bits per heavy atom. The van der Waals surface area contributed by atoms with Crippen LogP contribution >= 0.6 is 12.4 Å². The Labute approximate surface area is 133 Å². The van der Waals surface area contributed by atoms with Crippen LogP contribution in [0.2, 0.25) is 0 Å². The van der Waals surface area contributed by atoms with Crippen molar-refractivity contribution < 1.29 is 9.90 Å². The van der Waals surface area contributed by atoms with E-state index in [-0.39, 0.29) is 23.7 Å². The van der Waals surface area contributed by atoms with E-state index in [0.29, 0.717) is 5.92 Å². The summed E-state index contributed by atoms with van der Waals surface area (Å²) in [7, 11) is 0. The molecule has 0 spiro atoms. The molecule has 0 aliphatic carbocycles. The van der Waals surface area contributed by atoms with Crippen LogP contribution in [0.15, 0.2) is 18.2 Å². The van der Waals surface area contributed by atoms with Crippen LogP contribution in [0, 0.1) is 0 Å². The minimum atomic E-state index is -0.459. The Balaban J connectivity index is 0.00000400. The zero-order valence-corrected chi connectivity index (χ0v) is 13.7. The van der Waals surface area contributed by atoms with Gasteiger partial charge in [0, 0.05) is 0 Å². The second kappa shape index (κ2) is 10.5.